The molecule has 4 aromatic carbocycles. The van der Waals surface area contributed by atoms with Crippen LogP contribution in [0.1, 0.15) is 22.3 Å². The summed E-state index contributed by atoms with van der Waals surface area (Å²) in [6.07, 6.45) is 0. The first-order valence-corrected chi connectivity index (χ1v) is 11.0. The van der Waals surface area contributed by atoms with Crippen LogP contribution >= 0.6 is 34.8 Å². The van der Waals surface area contributed by atoms with E-state index < -0.39 is 0 Å². The number of phenols is 1. The Kier molecular flexibility index (Phi) is 8.58. The van der Waals surface area contributed by atoms with Crippen molar-refractivity contribution < 1.29 is 5.11 Å². The van der Waals surface area contributed by atoms with Crippen molar-refractivity contribution in [2.45, 2.75) is 0 Å². The molecule has 0 heterocycles. The molecule has 4 heteroatoms. The Bertz CT molecular complexity index is 1160. The van der Waals surface area contributed by atoms with Crippen molar-refractivity contribution >= 4 is 45.9 Å². The van der Waals surface area contributed by atoms with Crippen LogP contribution in [0.5, 0.6) is 5.75 Å². The van der Waals surface area contributed by atoms with Crippen LogP contribution in [0.25, 0.3) is 11.1 Å². The molecular weight excluding hydrogens is 459 g/mol. The van der Waals surface area contributed by atoms with Crippen LogP contribution in [0.2, 0.25) is 10.0 Å². The summed E-state index contributed by atoms with van der Waals surface area (Å²) in [5, 5.41) is 11.0. The molecule has 0 fully saturated rings. The molecule has 0 amide bonds. The number of phenolic OH excluding ortho intramolecular Hbond substituents is 1. The second kappa shape index (κ2) is 11.6. The lowest BCUT2D eigenvalue weighted by atomic mass is 9.99. The van der Waals surface area contributed by atoms with E-state index in [1.807, 2.05) is 48.5 Å². The standard InChI is InChI=1S/C14H9Cl3O.C14H12/c15-8-13(9-1-3-10(16)4-2-9)12-6-5-11(17)7-14(12)18;1-12(13-8-4-2-5-9-13)14-10-6-3-7-11-14/h1-8,18H;2-11H,1H2. The Morgan fingerprint density at radius 2 is 1.16 bits per heavy atom. The highest BCUT2D eigenvalue weighted by Gasteiger charge is 2.10. The van der Waals surface area contributed by atoms with Crippen LogP contribution in [-0.4, -0.2) is 5.11 Å². The zero-order valence-corrected chi connectivity index (χ0v) is 19.4. The van der Waals surface area contributed by atoms with Gasteiger partial charge in [0.15, 0.2) is 0 Å². The SMILES string of the molecule is C=C(c1ccccc1)c1ccccc1.Oc1cc(Cl)ccc1C(=CCl)c1ccc(Cl)cc1. The Morgan fingerprint density at radius 1 is 0.656 bits per heavy atom. The van der Waals surface area contributed by atoms with Gasteiger partial charge in [-0.05, 0) is 52.6 Å². The van der Waals surface area contributed by atoms with E-state index in [0.29, 0.717) is 21.2 Å². The highest BCUT2D eigenvalue weighted by Crippen LogP contribution is 2.33. The monoisotopic (exact) mass is 478 g/mol. The van der Waals surface area contributed by atoms with Gasteiger partial charge in [-0.3, -0.25) is 0 Å². The molecule has 160 valence electrons. The van der Waals surface area contributed by atoms with Crippen LogP contribution in [0.4, 0.5) is 0 Å². The van der Waals surface area contributed by atoms with Gasteiger partial charge in [0.1, 0.15) is 5.75 Å². The maximum atomic E-state index is 9.90. The molecule has 0 aromatic heterocycles. The smallest absolute Gasteiger partial charge is 0.124 e. The molecule has 0 saturated heterocycles. The van der Waals surface area contributed by atoms with Crippen LogP contribution in [0.15, 0.2) is 115 Å². The molecule has 0 saturated carbocycles. The van der Waals surface area contributed by atoms with Gasteiger partial charge in [-0.2, -0.15) is 0 Å². The van der Waals surface area contributed by atoms with Crippen molar-refractivity contribution in [3.8, 4) is 5.75 Å². The first-order chi connectivity index (χ1) is 15.5. The third kappa shape index (κ3) is 6.27. The lowest BCUT2D eigenvalue weighted by Gasteiger charge is -2.09. The molecule has 4 aromatic rings. The van der Waals surface area contributed by atoms with Crippen LogP contribution < -0.4 is 0 Å². The van der Waals surface area contributed by atoms with Gasteiger partial charge in [0.2, 0.25) is 0 Å². The Balaban J connectivity index is 0.000000186. The highest BCUT2D eigenvalue weighted by atomic mass is 35.5. The lowest BCUT2D eigenvalue weighted by Crippen LogP contribution is -1.88. The van der Waals surface area contributed by atoms with E-state index in [4.69, 9.17) is 34.8 Å². The number of halogens is 3. The molecule has 0 unspecified atom stereocenters. The summed E-state index contributed by atoms with van der Waals surface area (Å²) in [5.74, 6) is 0.0874. The van der Waals surface area contributed by atoms with E-state index in [1.165, 1.54) is 22.7 Å². The van der Waals surface area contributed by atoms with Crippen molar-refractivity contribution in [2.24, 2.45) is 0 Å². The fourth-order valence-corrected chi connectivity index (χ4v) is 3.62. The Hall–Kier alpha value is -2.97. The van der Waals surface area contributed by atoms with E-state index in [9.17, 15) is 5.11 Å². The van der Waals surface area contributed by atoms with Crippen molar-refractivity contribution in [1.29, 1.82) is 0 Å². The molecule has 0 spiro atoms. The predicted molar refractivity (Wildman–Crippen MR) is 139 cm³/mol. The fraction of sp³-hybridized carbons (Fsp3) is 0. The van der Waals surface area contributed by atoms with Crippen molar-refractivity contribution in [2.75, 3.05) is 0 Å². The normalized spacial score (nSPS) is 10.8. The molecule has 0 aliphatic heterocycles. The van der Waals surface area contributed by atoms with Gasteiger partial charge in [0.05, 0.1) is 0 Å². The molecule has 0 bridgehead atoms. The summed E-state index contributed by atoms with van der Waals surface area (Å²) >= 11 is 17.5. The first-order valence-electron chi connectivity index (χ1n) is 9.84. The minimum atomic E-state index is 0.0874. The average Bonchev–Trinajstić information content (AvgIpc) is 2.83. The van der Waals surface area contributed by atoms with E-state index in [1.54, 1.807) is 24.3 Å². The zero-order chi connectivity index (χ0) is 22.9. The minimum absolute atomic E-state index is 0.0874. The molecule has 32 heavy (non-hydrogen) atoms. The average molecular weight is 480 g/mol. The molecule has 4 rings (SSSR count). The number of rotatable bonds is 4. The van der Waals surface area contributed by atoms with E-state index in [-0.39, 0.29) is 5.75 Å². The molecule has 1 nitrogen and oxygen atoms in total. The molecule has 1 N–H and O–H groups in total. The Morgan fingerprint density at radius 3 is 1.62 bits per heavy atom. The third-order valence-corrected chi connectivity index (χ3v) is 5.46. The maximum absolute atomic E-state index is 9.90. The summed E-state index contributed by atoms with van der Waals surface area (Å²) in [6.45, 7) is 4.10. The van der Waals surface area contributed by atoms with Gasteiger partial charge in [-0.25, -0.2) is 0 Å². The van der Waals surface area contributed by atoms with Gasteiger partial charge >= 0.3 is 0 Å². The van der Waals surface area contributed by atoms with Crippen molar-refractivity contribution in [3.63, 3.8) is 0 Å². The van der Waals surface area contributed by atoms with Crippen LogP contribution in [0.3, 0.4) is 0 Å². The summed E-state index contributed by atoms with van der Waals surface area (Å²) in [5.41, 5.74) is 7.06. The molecule has 0 radical (unpaired) electrons. The number of aromatic hydroxyl groups is 1. The van der Waals surface area contributed by atoms with E-state index in [0.717, 1.165) is 11.1 Å². The lowest BCUT2D eigenvalue weighted by molar-refractivity contribution is 0.474. The van der Waals surface area contributed by atoms with E-state index >= 15 is 0 Å². The summed E-state index contributed by atoms with van der Waals surface area (Å²) < 4.78 is 0. The van der Waals surface area contributed by atoms with Crippen molar-refractivity contribution in [3.05, 3.63) is 148 Å². The largest absolute Gasteiger partial charge is 0.507 e. The fourth-order valence-electron chi connectivity index (χ4n) is 3.08. The van der Waals surface area contributed by atoms with Gasteiger partial charge in [-0.1, -0.05) is 114 Å². The van der Waals surface area contributed by atoms with Gasteiger partial charge in [-0.15, -0.1) is 0 Å². The van der Waals surface area contributed by atoms with Crippen LogP contribution in [0, 0.1) is 0 Å². The van der Waals surface area contributed by atoms with Crippen molar-refractivity contribution in [1.82, 2.24) is 0 Å². The first kappa shape index (κ1) is 23.7. The summed E-state index contributed by atoms with van der Waals surface area (Å²) in [7, 11) is 0. The maximum Gasteiger partial charge on any atom is 0.124 e. The predicted octanol–water partition coefficient (Wildman–Crippen LogP) is 9.08. The molecule has 0 aliphatic rings. The number of hydrogen-bond acceptors (Lipinski definition) is 1. The molecular formula is C28H21Cl3O. The molecule has 0 atom stereocenters. The second-order valence-electron chi connectivity index (χ2n) is 6.90. The molecule has 0 aliphatic carbocycles. The van der Waals surface area contributed by atoms with E-state index in [2.05, 4.69) is 30.8 Å². The van der Waals surface area contributed by atoms with Gasteiger partial charge in [0, 0.05) is 26.7 Å². The summed E-state index contributed by atoms with van der Waals surface area (Å²) in [6, 6.07) is 32.6. The Labute approximate surface area is 203 Å². The quantitative estimate of drug-likeness (QED) is 0.309. The minimum Gasteiger partial charge on any atom is -0.507 e. The van der Waals surface area contributed by atoms with Gasteiger partial charge < -0.3 is 5.11 Å². The highest BCUT2D eigenvalue weighted by molar-refractivity contribution is 6.31. The number of benzene rings is 4. The topological polar surface area (TPSA) is 20.2 Å². The second-order valence-corrected chi connectivity index (χ2v) is 7.99. The summed E-state index contributed by atoms with van der Waals surface area (Å²) in [4.78, 5) is 0. The number of hydrogen-bond donors (Lipinski definition) is 1. The zero-order valence-electron chi connectivity index (χ0n) is 17.2. The van der Waals surface area contributed by atoms with Gasteiger partial charge in [0.25, 0.3) is 0 Å². The third-order valence-electron chi connectivity index (χ3n) is 4.76. The van der Waals surface area contributed by atoms with Crippen LogP contribution in [-0.2, 0) is 0 Å².